The lowest BCUT2D eigenvalue weighted by Gasteiger charge is -2.21. The van der Waals surface area contributed by atoms with E-state index in [1.807, 2.05) is 11.9 Å². The molecule has 0 aliphatic heterocycles. The molecule has 130 valence electrons. The molecule has 0 radical (unpaired) electrons. The van der Waals surface area contributed by atoms with Crippen LogP contribution in [0.5, 0.6) is 0 Å². The Morgan fingerprint density at radius 1 is 1.04 bits per heavy atom. The number of benzene rings is 1. The predicted molar refractivity (Wildman–Crippen MR) is 97.3 cm³/mol. The summed E-state index contributed by atoms with van der Waals surface area (Å²) in [6.07, 6.45) is 2.33. The fourth-order valence-corrected chi connectivity index (χ4v) is 2.20. The van der Waals surface area contributed by atoms with Gasteiger partial charge < -0.3 is 15.5 Å². The van der Waals surface area contributed by atoms with Gasteiger partial charge in [0.05, 0.1) is 0 Å². The molecule has 0 bridgehead atoms. The van der Waals surface area contributed by atoms with Crippen LogP contribution in [0.25, 0.3) is 0 Å². The maximum absolute atomic E-state index is 12.4. The van der Waals surface area contributed by atoms with E-state index in [1.54, 1.807) is 24.3 Å². The number of hydrogen-bond acceptors (Lipinski definition) is 3. The van der Waals surface area contributed by atoms with Gasteiger partial charge in [0.25, 0.3) is 5.91 Å². The highest BCUT2D eigenvalue weighted by Gasteiger charge is 2.14. The SMILES string of the molecule is CCCN(CCC)C(=O)c1ccc(NC(=O)CCNC)cc1.Cl. The average molecular weight is 342 g/mol. The third-order valence-electron chi connectivity index (χ3n) is 3.29. The van der Waals surface area contributed by atoms with Crippen LogP contribution in [0.15, 0.2) is 24.3 Å². The Labute approximate surface area is 145 Å². The molecule has 0 atom stereocenters. The minimum atomic E-state index is -0.0352. The summed E-state index contributed by atoms with van der Waals surface area (Å²) in [4.78, 5) is 25.9. The number of amides is 2. The molecule has 1 aromatic rings. The molecule has 1 aromatic carbocycles. The van der Waals surface area contributed by atoms with E-state index < -0.39 is 0 Å². The fourth-order valence-electron chi connectivity index (χ4n) is 2.20. The number of carbonyl (C=O) groups is 2. The van der Waals surface area contributed by atoms with Gasteiger partial charge in [-0.15, -0.1) is 12.4 Å². The second-order valence-electron chi connectivity index (χ2n) is 5.27. The predicted octanol–water partition coefficient (Wildman–Crippen LogP) is 2.92. The number of halogens is 1. The van der Waals surface area contributed by atoms with Crippen LogP contribution in [0.3, 0.4) is 0 Å². The van der Waals surface area contributed by atoms with E-state index in [0.717, 1.165) is 31.6 Å². The van der Waals surface area contributed by atoms with Gasteiger partial charge in [-0.2, -0.15) is 0 Å². The van der Waals surface area contributed by atoms with Crippen LogP contribution in [-0.4, -0.2) is 43.4 Å². The Morgan fingerprint density at radius 3 is 2.09 bits per heavy atom. The van der Waals surface area contributed by atoms with Crippen molar-refractivity contribution in [2.75, 3.05) is 32.0 Å². The van der Waals surface area contributed by atoms with Gasteiger partial charge in [-0.05, 0) is 44.2 Å². The Bertz CT molecular complexity index is 471. The number of rotatable bonds is 9. The molecule has 2 amide bonds. The smallest absolute Gasteiger partial charge is 0.253 e. The zero-order chi connectivity index (χ0) is 16.4. The van der Waals surface area contributed by atoms with Gasteiger partial charge in [0.15, 0.2) is 0 Å². The highest BCUT2D eigenvalue weighted by Crippen LogP contribution is 2.12. The van der Waals surface area contributed by atoms with Crippen molar-refractivity contribution in [2.45, 2.75) is 33.1 Å². The lowest BCUT2D eigenvalue weighted by atomic mass is 10.1. The van der Waals surface area contributed by atoms with Crippen molar-refractivity contribution in [1.82, 2.24) is 10.2 Å². The molecule has 0 aliphatic rings. The third kappa shape index (κ3) is 7.48. The summed E-state index contributed by atoms with van der Waals surface area (Å²) >= 11 is 0. The first-order valence-electron chi connectivity index (χ1n) is 7.96. The van der Waals surface area contributed by atoms with Crippen LogP contribution in [0, 0.1) is 0 Å². The first-order chi connectivity index (χ1) is 10.6. The van der Waals surface area contributed by atoms with E-state index >= 15 is 0 Å². The highest BCUT2D eigenvalue weighted by molar-refractivity contribution is 5.95. The monoisotopic (exact) mass is 341 g/mol. The lowest BCUT2D eigenvalue weighted by molar-refractivity contribution is -0.116. The Hall–Kier alpha value is -1.59. The van der Waals surface area contributed by atoms with Crippen LogP contribution in [0.4, 0.5) is 5.69 Å². The van der Waals surface area contributed by atoms with Crippen molar-refractivity contribution < 1.29 is 9.59 Å². The van der Waals surface area contributed by atoms with E-state index in [9.17, 15) is 9.59 Å². The molecule has 23 heavy (non-hydrogen) atoms. The molecule has 0 saturated heterocycles. The van der Waals surface area contributed by atoms with Gasteiger partial charge in [0.1, 0.15) is 0 Å². The van der Waals surface area contributed by atoms with E-state index in [2.05, 4.69) is 24.5 Å². The van der Waals surface area contributed by atoms with Gasteiger partial charge in [-0.25, -0.2) is 0 Å². The van der Waals surface area contributed by atoms with Gasteiger partial charge in [-0.3, -0.25) is 9.59 Å². The molecule has 0 unspecified atom stereocenters. The molecule has 6 heteroatoms. The van der Waals surface area contributed by atoms with Crippen molar-refractivity contribution in [3.63, 3.8) is 0 Å². The van der Waals surface area contributed by atoms with Gasteiger partial charge in [0, 0.05) is 37.3 Å². The number of nitrogens with one attached hydrogen (secondary N) is 2. The Morgan fingerprint density at radius 2 is 1.61 bits per heavy atom. The molecule has 0 aliphatic carbocycles. The average Bonchev–Trinajstić information content (AvgIpc) is 2.53. The number of carbonyl (C=O) groups excluding carboxylic acids is 2. The van der Waals surface area contributed by atoms with Crippen LogP contribution in [0.1, 0.15) is 43.5 Å². The van der Waals surface area contributed by atoms with Crippen LogP contribution in [0.2, 0.25) is 0 Å². The van der Waals surface area contributed by atoms with Crippen LogP contribution < -0.4 is 10.6 Å². The largest absolute Gasteiger partial charge is 0.339 e. The summed E-state index contributed by atoms with van der Waals surface area (Å²) in [5.74, 6) is 0.0174. The fraction of sp³-hybridized carbons (Fsp3) is 0.529. The number of anilines is 1. The molecular formula is C17H28ClN3O2. The highest BCUT2D eigenvalue weighted by atomic mass is 35.5. The molecule has 0 aromatic heterocycles. The topological polar surface area (TPSA) is 61.4 Å². The molecule has 0 fully saturated rings. The Kier molecular flexibility index (Phi) is 11.1. The van der Waals surface area contributed by atoms with Gasteiger partial charge in [0.2, 0.25) is 5.91 Å². The standard InChI is InChI=1S/C17H27N3O2.ClH/c1-4-12-20(13-5-2)17(22)14-6-8-15(9-7-14)19-16(21)10-11-18-3;/h6-9,18H,4-5,10-13H2,1-3H3,(H,19,21);1H. The first-order valence-corrected chi connectivity index (χ1v) is 7.96. The van der Waals surface area contributed by atoms with E-state index in [0.29, 0.717) is 18.5 Å². The van der Waals surface area contributed by atoms with E-state index in [-0.39, 0.29) is 24.2 Å². The second kappa shape index (κ2) is 11.9. The van der Waals surface area contributed by atoms with Gasteiger partial charge >= 0.3 is 0 Å². The zero-order valence-corrected chi connectivity index (χ0v) is 15.0. The summed E-state index contributed by atoms with van der Waals surface area (Å²) in [6.45, 7) is 6.33. The van der Waals surface area contributed by atoms with Crippen molar-refractivity contribution in [3.05, 3.63) is 29.8 Å². The summed E-state index contributed by atoms with van der Waals surface area (Å²) in [5.41, 5.74) is 1.38. The summed E-state index contributed by atoms with van der Waals surface area (Å²) in [5, 5.41) is 5.75. The maximum Gasteiger partial charge on any atom is 0.253 e. The molecule has 0 saturated carbocycles. The molecule has 1 rings (SSSR count). The maximum atomic E-state index is 12.4. The van der Waals surface area contributed by atoms with Crippen molar-refractivity contribution in [2.24, 2.45) is 0 Å². The summed E-state index contributed by atoms with van der Waals surface area (Å²) < 4.78 is 0. The minimum absolute atomic E-state index is 0. The summed E-state index contributed by atoms with van der Waals surface area (Å²) in [7, 11) is 1.81. The molecular weight excluding hydrogens is 314 g/mol. The van der Waals surface area contributed by atoms with Crippen LogP contribution in [-0.2, 0) is 4.79 Å². The van der Waals surface area contributed by atoms with Crippen molar-refractivity contribution in [3.8, 4) is 0 Å². The second-order valence-corrected chi connectivity index (χ2v) is 5.27. The summed E-state index contributed by atoms with van der Waals surface area (Å²) in [6, 6.07) is 7.10. The van der Waals surface area contributed by atoms with E-state index in [1.165, 1.54) is 0 Å². The quantitative estimate of drug-likeness (QED) is 0.726. The number of nitrogens with zero attached hydrogens (tertiary/aromatic N) is 1. The van der Waals surface area contributed by atoms with Gasteiger partial charge in [-0.1, -0.05) is 13.8 Å². The molecule has 0 heterocycles. The molecule has 2 N–H and O–H groups in total. The normalized spacial score (nSPS) is 9.87. The zero-order valence-electron chi connectivity index (χ0n) is 14.2. The Balaban J connectivity index is 0.00000484. The molecule has 5 nitrogen and oxygen atoms in total. The lowest BCUT2D eigenvalue weighted by Crippen LogP contribution is -2.32. The first kappa shape index (κ1) is 21.4. The van der Waals surface area contributed by atoms with Crippen molar-refractivity contribution >= 4 is 29.9 Å². The van der Waals surface area contributed by atoms with Crippen LogP contribution >= 0.6 is 12.4 Å². The third-order valence-corrected chi connectivity index (χ3v) is 3.29. The molecule has 0 spiro atoms. The van der Waals surface area contributed by atoms with E-state index in [4.69, 9.17) is 0 Å². The minimum Gasteiger partial charge on any atom is -0.339 e. The van der Waals surface area contributed by atoms with Crippen molar-refractivity contribution in [1.29, 1.82) is 0 Å². The number of hydrogen-bond donors (Lipinski definition) is 2.